The van der Waals surface area contributed by atoms with E-state index in [0.717, 1.165) is 24.2 Å². The Bertz CT molecular complexity index is 978. The summed E-state index contributed by atoms with van der Waals surface area (Å²) in [7, 11) is 0. The Morgan fingerprint density at radius 3 is 2.86 bits per heavy atom. The van der Waals surface area contributed by atoms with Crippen molar-refractivity contribution in [3.8, 4) is 11.4 Å². The molecule has 1 aliphatic rings. The van der Waals surface area contributed by atoms with Gasteiger partial charge in [0, 0.05) is 49.4 Å². The van der Waals surface area contributed by atoms with Gasteiger partial charge in [-0.1, -0.05) is 18.2 Å². The molecule has 3 N–H and O–H groups in total. The minimum absolute atomic E-state index is 0.0234. The molecular weight excluding hydrogens is 356 g/mol. The molecule has 2 amide bonds. The number of aromatic amines is 1. The van der Waals surface area contributed by atoms with E-state index in [-0.39, 0.29) is 18.4 Å². The van der Waals surface area contributed by atoms with Crippen molar-refractivity contribution in [3.63, 3.8) is 0 Å². The molecule has 0 unspecified atom stereocenters. The molecule has 1 fully saturated rings. The highest BCUT2D eigenvalue weighted by Crippen LogP contribution is 2.28. The van der Waals surface area contributed by atoms with E-state index in [1.165, 1.54) is 0 Å². The average Bonchev–Trinajstić information content (AvgIpc) is 3.39. The normalized spacial score (nSPS) is 16.9. The summed E-state index contributed by atoms with van der Waals surface area (Å²) in [4.78, 5) is 38.2. The topological polar surface area (TPSA) is 110 Å². The lowest BCUT2D eigenvalue weighted by Gasteiger charge is -2.33. The first-order valence-electron chi connectivity index (χ1n) is 9.31. The molecular formula is C20H22N6O2. The minimum Gasteiger partial charge on any atom is -0.368 e. The van der Waals surface area contributed by atoms with E-state index in [4.69, 9.17) is 5.73 Å². The van der Waals surface area contributed by atoms with Crippen LogP contribution in [0.4, 0.5) is 0 Å². The molecule has 2 aromatic heterocycles. The Hall–Kier alpha value is -3.42. The van der Waals surface area contributed by atoms with Crippen LogP contribution < -0.4 is 5.73 Å². The van der Waals surface area contributed by atoms with Gasteiger partial charge in [-0.2, -0.15) is 0 Å². The number of primary amides is 1. The number of hydrogen-bond acceptors (Lipinski definition) is 4. The van der Waals surface area contributed by atoms with Gasteiger partial charge in [0.25, 0.3) is 5.91 Å². The number of carbonyl (C=O) groups excluding carboxylic acids is 2. The molecule has 3 heterocycles. The van der Waals surface area contributed by atoms with E-state index >= 15 is 0 Å². The Balaban J connectivity index is 1.57. The van der Waals surface area contributed by atoms with Crippen LogP contribution in [0, 0.1) is 0 Å². The van der Waals surface area contributed by atoms with Gasteiger partial charge in [-0.3, -0.25) is 9.59 Å². The van der Waals surface area contributed by atoms with Crippen LogP contribution in [0.2, 0.25) is 0 Å². The van der Waals surface area contributed by atoms with Crippen molar-refractivity contribution in [1.29, 1.82) is 0 Å². The highest BCUT2D eigenvalue weighted by atomic mass is 16.2. The lowest BCUT2D eigenvalue weighted by atomic mass is 9.95. The molecule has 8 nitrogen and oxygen atoms in total. The highest BCUT2D eigenvalue weighted by molar-refractivity contribution is 6.00. The Morgan fingerprint density at radius 1 is 1.21 bits per heavy atom. The average molecular weight is 378 g/mol. The number of nitrogens with one attached hydrogen (secondary N) is 1. The Labute approximate surface area is 162 Å². The molecule has 4 rings (SSSR count). The summed E-state index contributed by atoms with van der Waals surface area (Å²) in [6.07, 6.45) is 8.64. The molecule has 1 aromatic carbocycles. The monoisotopic (exact) mass is 378 g/mol. The van der Waals surface area contributed by atoms with Crippen LogP contribution in [0.15, 0.2) is 49.1 Å². The summed E-state index contributed by atoms with van der Waals surface area (Å²) in [6.45, 7) is 1.35. The maximum atomic E-state index is 13.3. The molecule has 144 valence electrons. The third-order valence-corrected chi connectivity index (χ3v) is 5.06. The molecule has 0 aliphatic carbocycles. The molecule has 0 saturated carbocycles. The minimum atomic E-state index is -0.407. The quantitative estimate of drug-likeness (QED) is 0.705. The van der Waals surface area contributed by atoms with Gasteiger partial charge in [0.1, 0.15) is 18.2 Å². The number of amides is 2. The third kappa shape index (κ3) is 3.53. The van der Waals surface area contributed by atoms with Crippen molar-refractivity contribution in [3.05, 3.63) is 60.4 Å². The predicted octanol–water partition coefficient (Wildman–Crippen LogP) is 1.78. The number of aromatic nitrogens is 4. The number of hydrogen-bond donors (Lipinski definition) is 2. The smallest absolute Gasteiger partial charge is 0.254 e. The second-order valence-electron chi connectivity index (χ2n) is 6.95. The number of carbonyl (C=O) groups is 2. The van der Waals surface area contributed by atoms with Gasteiger partial charge in [0.2, 0.25) is 5.91 Å². The van der Waals surface area contributed by atoms with Crippen LogP contribution in [0.25, 0.3) is 11.4 Å². The number of piperidine rings is 1. The SMILES string of the molecule is NC(=O)Cn1ccnc1[C@H]1CCCN(C(=O)c2ccccc2-c2ncc[nH]2)C1. The van der Waals surface area contributed by atoms with E-state index in [1.54, 1.807) is 29.4 Å². The highest BCUT2D eigenvalue weighted by Gasteiger charge is 2.29. The molecule has 0 spiro atoms. The largest absolute Gasteiger partial charge is 0.368 e. The zero-order valence-electron chi connectivity index (χ0n) is 15.4. The molecule has 0 bridgehead atoms. The Kier molecular flexibility index (Phi) is 4.92. The van der Waals surface area contributed by atoms with Crippen molar-refractivity contribution >= 4 is 11.8 Å². The number of nitrogens with zero attached hydrogens (tertiary/aromatic N) is 4. The van der Waals surface area contributed by atoms with Crippen molar-refractivity contribution in [2.24, 2.45) is 5.73 Å². The lowest BCUT2D eigenvalue weighted by molar-refractivity contribution is -0.118. The molecule has 8 heteroatoms. The van der Waals surface area contributed by atoms with Crippen LogP contribution in [-0.2, 0) is 11.3 Å². The summed E-state index contributed by atoms with van der Waals surface area (Å²) in [5.74, 6) is 1.12. The van der Waals surface area contributed by atoms with E-state index in [2.05, 4.69) is 15.0 Å². The maximum Gasteiger partial charge on any atom is 0.254 e. The first kappa shape index (κ1) is 18.0. The van der Waals surface area contributed by atoms with Crippen molar-refractivity contribution in [1.82, 2.24) is 24.4 Å². The Morgan fingerprint density at radius 2 is 2.07 bits per heavy atom. The van der Waals surface area contributed by atoms with Gasteiger partial charge in [-0.15, -0.1) is 0 Å². The van der Waals surface area contributed by atoms with Crippen LogP contribution in [-0.4, -0.2) is 49.3 Å². The fourth-order valence-electron chi connectivity index (χ4n) is 3.81. The number of benzene rings is 1. The van der Waals surface area contributed by atoms with Gasteiger partial charge < -0.3 is 20.2 Å². The first-order chi connectivity index (χ1) is 13.6. The van der Waals surface area contributed by atoms with Gasteiger partial charge >= 0.3 is 0 Å². The maximum absolute atomic E-state index is 13.3. The van der Waals surface area contributed by atoms with Crippen LogP contribution in [0.5, 0.6) is 0 Å². The van der Waals surface area contributed by atoms with E-state index in [0.29, 0.717) is 24.5 Å². The fourth-order valence-corrected chi connectivity index (χ4v) is 3.81. The summed E-state index contributed by atoms with van der Waals surface area (Å²) in [6, 6.07) is 7.49. The number of nitrogens with two attached hydrogens (primary N) is 1. The van der Waals surface area contributed by atoms with Crippen molar-refractivity contribution in [2.75, 3.05) is 13.1 Å². The molecule has 3 aromatic rings. The van der Waals surface area contributed by atoms with Gasteiger partial charge in [0.15, 0.2) is 0 Å². The number of imidazole rings is 2. The van der Waals surface area contributed by atoms with Gasteiger partial charge in [-0.05, 0) is 18.9 Å². The molecule has 1 aliphatic heterocycles. The number of likely N-dealkylation sites (tertiary alicyclic amines) is 1. The summed E-state index contributed by atoms with van der Waals surface area (Å²) < 4.78 is 1.78. The number of H-pyrrole nitrogens is 1. The second kappa shape index (κ2) is 7.67. The fraction of sp³-hybridized carbons (Fsp3) is 0.300. The van der Waals surface area contributed by atoms with Gasteiger partial charge in [-0.25, -0.2) is 9.97 Å². The molecule has 28 heavy (non-hydrogen) atoms. The molecule has 1 saturated heterocycles. The van der Waals surface area contributed by atoms with Crippen LogP contribution in [0.1, 0.15) is 34.9 Å². The standard InChI is InChI=1S/C20H22N6O2/c21-17(27)13-25-11-9-24-19(25)14-4-3-10-26(12-14)20(28)16-6-2-1-5-15(16)18-22-7-8-23-18/h1-2,5-9,11,14H,3-4,10,12-13H2,(H2,21,27)(H,22,23)/t14-/m0/s1. The molecule has 0 radical (unpaired) electrons. The molecule has 1 atom stereocenters. The third-order valence-electron chi connectivity index (χ3n) is 5.06. The zero-order valence-corrected chi connectivity index (χ0v) is 15.4. The van der Waals surface area contributed by atoms with Crippen LogP contribution in [0.3, 0.4) is 0 Å². The second-order valence-corrected chi connectivity index (χ2v) is 6.95. The zero-order chi connectivity index (χ0) is 19.5. The number of rotatable bonds is 5. The lowest BCUT2D eigenvalue weighted by Crippen LogP contribution is -2.40. The predicted molar refractivity (Wildman–Crippen MR) is 103 cm³/mol. The van der Waals surface area contributed by atoms with E-state index < -0.39 is 5.91 Å². The van der Waals surface area contributed by atoms with Crippen molar-refractivity contribution < 1.29 is 9.59 Å². The summed E-state index contributed by atoms with van der Waals surface area (Å²) in [5.41, 5.74) is 6.75. The summed E-state index contributed by atoms with van der Waals surface area (Å²) in [5, 5.41) is 0. The first-order valence-corrected chi connectivity index (χ1v) is 9.31. The van der Waals surface area contributed by atoms with E-state index in [1.807, 2.05) is 29.2 Å². The van der Waals surface area contributed by atoms with Crippen molar-refractivity contribution in [2.45, 2.75) is 25.3 Å². The van der Waals surface area contributed by atoms with Crippen LogP contribution >= 0.6 is 0 Å². The van der Waals surface area contributed by atoms with E-state index in [9.17, 15) is 9.59 Å². The summed E-state index contributed by atoms with van der Waals surface area (Å²) >= 11 is 0. The van der Waals surface area contributed by atoms with Gasteiger partial charge in [0.05, 0.1) is 5.56 Å².